The van der Waals surface area contributed by atoms with E-state index in [-0.39, 0.29) is 5.91 Å². The van der Waals surface area contributed by atoms with E-state index in [9.17, 15) is 4.79 Å². The van der Waals surface area contributed by atoms with E-state index in [4.69, 9.17) is 0 Å². The van der Waals surface area contributed by atoms with Crippen molar-refractivity contribution in [3.63, 3.8) is 0 Å². The fraction of sp³-hybridized carbons (Fsp3) is 0.562. The topological polar surface area (TPSA) is 23.6 Å². The molecule has 0 aliphatic carbocycles. The molecule has 0 spiro atoms. The lowest BCUT2D eigenvalue weighted by Gasteiger charge is -2.37. The summed E-state index contributed by atoms with van der Waals surface area (Å²) in [5, 5.41) is 0. The second-order valence-electron chi connectivity index (χ2n) is 5.72. The van der Waals surface area contributed by atoms with Crippen molar-refractivity contribution in [1.82, 2.24) is 9.80 Å². The fourth-order valence-corrected chi connectivity index (χ4v) is 2.50. The molecule has 0 saturated carbocycles. The van der Waals surface area contributed by atoms with Crippen LogP contribution < -0.4 is 0 Å². The van der Waals surface area contributed by atoms with E-state index in [1.807, 2.05) is 23.1 Å². The Morgan fingerprint density at radius 1 is 1.05 bits per heavy atom. The van der Waals surface area contributed by atoms with Crippen molar-refractivity contribution in [2.45, 2.75) is 33.7 Å². The zero-order valence-electron chi connectivity index (χ0n) is 12.4. The highest BCUT2D eigenvalue weighted by Crippen LogP contribution is 2.14. The van der Waals surface area contributed by atoms with Gasteiger partial charge >= 0.3 is 0 Å². The molecule has 0 unspecified atom stereocenters. The molecule has 1 saturated heterocycles. The van der Waals surface area contributed by atoms with Crippen LogP contribution in [0.2, 0.25) is 0 Å². The molecule has 0 radical (unpaired) electrons. The summed E-state index contributed by atoms with van der Waals surface area (Å²) in [5.41, 5.74) is 3.24. The summed E-state index contributed by atoms with van der Waals surface area (Å²) in [4.78, 5) is 16.8. The molecule has 1 amide bonds. The molecule has 1 aliphatic heterocycles. The van der Waals surface area contributed by atoms with Gasteiger partial charge in [0.25, 0.3) is 5.91 Å². The summed E-state index contributed by atoms with van der Waals surface area (Å²) >= 11 is 0. The van der Waals surface area contributed by atoms with Crippen molar-refractivity contribution in [2.75, 3.05) is 26.2 Å². The number of rotatable bonds is 2. The minimum atomic E-state index is 0.173. The van der Waals surface area contributed by atoms with Gasteiger partial charge in [-0.1, -0.05) is 6.07 Å². The Labute approximate surface area is 116 Å². The van der Waals surface area contributed by atoms with Crippen molar-refractivity contribution in [3.8, 4) is 0 Å². The Balaban J connectivity index is 2.03. The van der Waals surface area contributed by atoms with E-state index in [1.54, 1.807) is 0 Å². The maximum Gasteiger partial charge on any atom is 0.253 e. The molecule has 0 aromatic heterocycles. The summed E-state index contributed by atoms with van der Waals surface area (Å²) in [5.74, 6) is 0.173. The number of hydrogen-bond donors (Lipinski definition) is 0. The summed E-state index contributed by atoms with van der Waals surface area (Å²) in [6.07, 6.45) is 0. The second kappa shape index (κ2) is 5.74. The standard InChI is InChI=1S/C16H24N2O/c1-12(2)17-7-9-18(10-8-17)16(19)15-6-5-13(3)14(4)11-15/h5-6,11-12H,7-10H2,1-4H3. The van der Waals surface area contributed by atoms with E-state index < -0.39 is 0 Å². The van der Waals surface area contributed by atoms with Crippen LogP contribution in [-0.4, -0.2) is 47.9 Å². The van der Waals surface area contributed by atoms with Gasteiger partial charge in [0.2, 0.25) is 0 Å². The van der Waals surface area contributed by atoms with Crippen LogP contribution in [0.25, 0.3) is 0 Å². The van der Waals surface area contributed by atoms with E-state index in [0.717, 1.165) is 31.7 Å². The average Bonchev–Trinajstić information content (AvgIpc) is 2.41. The summed E-state index contributed by atoms with van der Waals surface area (Å²) < 4.78 is 0. The molecule has 1 aliphatic rings. The number of piperazine rings is 1. The van der Waals surface area contributed by atoms with Crippen molar-refractivity contribution >= 4 is 5.91 Å². The first-order chi connectivity index (χ1) is 8.99. The maximum atomic E-state index is 12.4. The van der Waals surface area contributed by atoms with Crippen LogP contribution in [0, 0.1) is 13.8 Å². The highest BCUT2D eigenvalue weighted by Gasteiger charge is 2.23. The third-order valence-corrected chi connectivity index (χ3v) is 4.09. The van der Waals surface area contributed by atoms with Crippen LogP contribution in [0.5, 0.6) is 0 Å². The van der Waals surface area contributed by atoms with Gasteiger partial charge in [-0.25, -0.2) is 0 Å². The molecule has 1 aromatic rings. The smallest absolute Gasteiger partial charge is 0.253 e. The summed E-state index contributed by atoms with van der Waals surface area (Å²) in [6.45, 7) is 12.2. The molecule has 1 heterocycles. The van der Waals surface area contributed by atoms with Crippen molar-refractivity contribution in [3.05, 3.63) is 34.9 Å². The van der Waals surface area contributed by atoms with E-state index >= 15 is 0 Å². The molecular formula is C16H24N2O. The van der Waals surface area contributed by atoms with E-state index in [0.29, 0.717) is 6.04 Å². The SMILES string of the molecule is Cc1ccc(C(=O)N2CCN(C(C)C)CC2)cc1C. The predicted octanol–water partition coefficient (Wildman–Crippen LogP) is 2.47. The minimum Gasteiger partial charge on any atom is -0.336 e. The number of hydrogen-bond acceptors (Lipinski definition) is 2. The van der Waals surface area contributed by atoms with Gasteiger partial charge in [-0.2, -0.15) is 0 Å². The summed E-state index contributed by atoms with van der Waals surface area (Å²) in [7, 11) is 0. The van der Waals surface area contributed by atoms with Gasteiger partial charge in [-0.05, 0) is 51.0 Å². The monoisotopic (exact) mass is 260 g/mol. The normalized spacial score (nSPS) is 17.0. The quantitative estimate of drug-likeness (QED) is 0.815. The molecule has 104 valence electrons. The van der Waals surface area contributed by atoms with Crippen LogP contribution >= 0.6 is 0 Å². The highest BCUT2D eigenvalue weighted by molar-refractivity contribution is 5.94. The molecular weight excluding hydrogens is 236 g/mol. The largest absolute Gasteiger partial charge is 0.336 e. The van der Waals surface area contributed by atoms with Gasteiger partial charge in [-0.15, -0.1) is 0 Å². The lowest BCUT2D eigenvalue weighted by atomic mass is 10.1. The van der Waals surface area contributed by atoms with Crippen molar-refractivity contribution < 1.29 is 4.79 Å². The number of nitrogens with zero attached hydrogens (tertiary/aromatic N) is 2. The summed E-state index contributed by atoms with van der Waals surface area (Å²) in [6, 6.07) is 6.55. The van der Waals surface area contributed by atoms with Crippen LogP contribution in [0.1, 0.15) is 35.3 Å². The number of carbonyl (C=O) groups excluding carboxylic acids is 1. The first-order valence-electron chi connectivity index (χ1n) is 7.09. The number of aryl methyl sites for hydroxylation is 2. The minimum absolute atomic E-state index is 0.173. The molecule has 0 atom stereocenters. The van der Waals surface area contributed by atoms with Crippen LogP contribution in [0.4, 0.5) is 0 Å². The highest BCUT2D eigenvalue weighted by atomic mass is 16.2. The molecule has 3 nitrogen and oxygen atoms in total. The third-order valence-electron chi connectivity index (χ3n) is 4.09. The maximum absolute atomic E-state index is 12.4. The van der Waals surface area contributed by atoms with Gasteiger partial charge < -0.3 is 4.90 Å². The van der Waals surface area contributed by atoms with Crippen molar-refractivity contribution in [2.24, 2.45) is 0 Å². The molecule has 0 bridgehead atoms. The lowest BCUT2D eigenvalue weighted by molar-refractivity contribution is 0.0595. The Bertz CT molecular complexity index is 460. The molecule has 1 fully saturated rings. The van der Waals surface area contributed by atoms with Crippen LogP contribution in [0.15, 0.2) is 18.2 Å². The number of carbonyl (C=O) groups is 1. The number of amides is 1. The van der Waals surface area contributed by atoms with Gasteiger partial charge in [-0.3, -0.25) is 9.69 Å². The first-order valence-corrected chi connectivity index (χ1v) is 7.09. The molecule has 3 heteroatoms. The molecule has 2 rings (SSSR count). The van der Waals surface area contributed by atoms with Crippen molar-refractivity contribution in [1.29, 1.82) is 0 Å². The predicted molar refractivity (Wildman–Crippen MR) is 78.5 cm³/mol. The Morgan fingerprint density at radius 3 is 2.21 bits per heavy atom. The lowest BCUT2D eigenvalue weighted by Crippen LogP contribution is -2.50. The van der Waals surface area contributed by atoms with Gasteiger partial charge in [0.1, 0.15) is 0 Å². The molecule has 1 aromatic carbocycles. The average molecular weight is 260 g/mol. The van der Waals surface area contributed by atoms with Gasteiger partial charge in [0.15, 0.2) is 0 Å². The van der Waals surface area contributed by atoms with E-state index in [2.05, 4.69) is 32.6 Å². The zero-order chi connectivity index (χ0) is 14.0. The van der Waals surface area contributed by atoms with E-state index in [1.165, 1.54) is 11.1 Å². The van der Waals surface area contributed by atoms with Crippen LogP contribution in [-0.2, 0) is 0 Å². The Morgan fingerprint density at radius 2 is 1.68 bits per heavy atom. The molecule has 19 heavy (non-hydrogen) atoms. The van der Waals surface area contributed by atoms with Crippen LogP contribution in [0.3, 0.4) is 0 Å². The number of benzene rings is 1. The zero-order valence-corrected chi connectivity index (χ0v) is 12.4. The Hall–Kier alpha value is -1.35. The Kier molecular flexibility index (Phi) is 4.25. The van der Waals surface area contributed by atoms with Gasteiger partial charge in [0.05, 0.1) is 0 Å². The molecule has 0 N–H and O–H groups in total. The first kappa shape index (κ1) is 14.1. The van der Waals surface area contributed by atoms with Gasteiger partial charge in [0, 0.05) is 37.8 Å². The second-order valence-corrected chi connectivity index (χ2v) is 5.72. The third kappa shape index (κ3) is 3.16. The fourth-order valence-electron chi connectivity index (χ4n) is 2.50.